The second-order valence-electron chi connectivity index (χ2n) is 5.37. The van der Waals surface area contributed by atoms with Gasteiger partial charge in [0, 0.05) is 11.6 Å². The van der Waals surface area contributed by atoms with Crippen LogP contribution in [0.1, 0.15) is 27.2 Å². The zero-order valence-electron chi connectivity index (χ0n) is 10.4. The smallest absolute Gasteiger partial charge is 0.183 e. The first-order chi connectivity index (χ1) is 7.94. The molecule has 0 atom stereocenters. The predicted molar refractivity (Wildman–Crippen MR) is 77.2 cm³/mol. The molecular weight excluding hydrogens is 252 g/mol. The van der Waals surface area contributed by atoms with E-state index in [9.17, 15) is 0 Å². The molecule has 0 aliphatic rings. The average molecular weight is 269 g/mol. The van der Waals surface area contributed by atoms with E-state index in [0.29, 0.717) is 5.41 Å². The van der Waals surface area contributed by atoms with Gasteiger partial charge in [0.05, 0.1) is 10.2 Å². The quantitative estimate of drug-likeness (QED) is 0.865. The summed E-state index contributed by atoms with van der Waals surface area (Å²) in [7, 11) is 0. The molecule has 0 aliphatic heterocycles. The molecule has 1 N–H and O–H groups in total. The Hall–Kier alpha value is -0.800. The molecule has 0 aliphatic carbocycles. The van der Waals surface area contributed by atoms with Crippen molar-refractivity contribution in [1.29, 1.82) is 0 Å². The van der Waals surface area contributed by atoms with Gasteiger partial charge in [0.1, 0.15) is 0 Å². The van der Waals surface area contributed by atoms with E-state index in [-0.39, 0.29) is 0 Å². The third kappa shape index (κ3) is 3.58. The van der Waals surface area contributed by atoms with Crippen molar-refractivity contribution in [3.8, 4) is 0 Å². The van der Waals surface area contributed by atoms with Crippen LogP contribution in [-0.2, 0) is 0 Å². The number of hydrogen-bond donors (Lipinski definition) is 1. The third-order valence-corrected chi connectivity index (χ3v) is 3.73. The summed E-state index contributed by atoms with van der Waals surface area (Å²) in [5.41, 5.74) is 1.33. The van der Waals surface area contributed by atoms with Gasteiger partial charge < -0.3 is 5.32 Å². The summed E-state index contributed by atoms with van der Waals surface area (Å²) in [4.78, 5) is 4.52. The highest BCUT2D eigenvalue weighted by Gasteiger charge is 2.10. The first kappa shape index (κ1) is 12.7. The van der Waals surface area contributed by atoms with Gasteiger partial charge in [0.25, 0.3) is 0 Å². The maximum atomic E-state index is 5.94. The number of thiazole rings is 1. The number of hydrogen-bond acceptors (Lipinski definition) is 3. The minimum atomic E-state index is 0.354. The molecule has 0 saturated heterocycles. The summed E-state index contributed by atoms with van der Waals surface area (Å²) in [6.45, 7) is 7.68. The Balaban J connectivity index is 2.05. The van der Waals surface area contributed by atoms with Crippen molar-refractivity contribution >= 4 is 38.3 Å². The summed E-state index contributed by atoms with van der Waals surface area (Å²) in [6, 6.07) is 5.83. The van der Waals surface area contributed by atoms with Crippen molar-refractivity contribution in [1.82, 2.24) is 4.98 Å². The molecule has 0 amide bonds. The van der Waals surface area contributed by atoms with Gasteiger partial charge in [-0.1, -0.05) is 43.7 Å². The Labute approximate surface area is 111 Å². The second kappa shape index (κ2) is 4.83. The molecule has 92 valence electrons. The molecule has 17 heavy (non-hydrogen) atoms. The van der Waals surface area contributed by atoms with E-state index in [1.54, 1.807) is 11.3 Å². The average Bonchev–Trinajstić information content (AvgIpc) is 2.57. The number of anilines is 1. The van der Waals surface area contributed by atoms with Crippen molar-refractivity contribution in [2.45, 2.75) is 27.2 Å². The topological polar surface area (TPSA) is 24.9 Å². The van der Waals surface area contributed by atoms with Crippen molar-refractivity contribution in [2.24, 2.45) is 5.41 Å². The lowest BCUT2D eigenvalue weighted by Gasteiger charge is -2.17. The number of aromatic nitrogens is 1. The predicted octanol–water partition coefficient (Wildman–Crippen LogP) is 4.80. The van der Waals surface area contributed by atoms with E-state index in [0.717, 1.165) is 28.6 Å². The van der Waals surface area contributed by atoms with Crippen LogP contribution >= 0.6 is 22.9 Å². The Morgan fingerprint density at radius 2 is 2.12 bits per heavy atom. The van der Waals surface area contributed by atoms with Gasteiger partial charge in [-0.05, 0) is 30.0 Å². The first-order valence-electron chi connectivity index (χ1n) is 5.74. The highest BCUT2D eigenvalue weighted by Crippen LogP contribution is 2.28. The molecule has 0 radical (unpaired) electrons. The van der Waals surface area contributed by atoms with Crippen LogP contribution in [0.2, 0.25) is 5.02 Å². The van der Waals surface area contributed by atoms with Crippen molar-refractivity contribution in [2.75, 3.05) is 11.9 Å². The van der Waals surface area contributed by atoms with E-state index in [1.807, 2.05) is 18.2 Å². The SMILES string of the molecule is CC(C)(C)CCNc1nc2cc(Cl)ccc2s1. The highest BCUT2D eigenvalue weighted by atomic mass is 35.5. The van der Waals surface area contributed by atoms with Crippen LogP contribution in [0.3, 0.4) is 0 Å². The van der Waals surface area contributed by atoms with Crippen molar-refractivity contribution in [3.05, 3.63) is 23.2 Å². The lowest BCUT2D eigenvalue weighted by Crippen LogP contribution is -2.12. The van der Waals surface area contributed by atoms with E-state index in [1.165, 1.54) is 4.70 Å². The fourth-order valence-electron chi connectivity index (χ4n) is 1.52. The molecule has 1 aromatic carbocycles. The number of nitrogens with zero attached hydrogens (tertiary/aromatic N) is 1. The standard InChI is InChI=1S/C13H17ClN2S/c1-13(2,3)6-7-15-12-16-10-8-9(14)4-5-11(10)17-12/h4-5,8H,6-7H2,1-3H3,(H,15,16). The van der Waals surface area contributed by atoms with Gasteiger partial charge in [-0.15, -0.1) is 0 Å². The van der Waals surface area contributed by atoms with Gasteiger partial charge in [0.2, 0.25) is 0 Å². The van der Waals surface area contributed by atoms with Gasteiger partial charge in [-0.25, -0.2) is 4.98 Å². The molecule has 0 bridgehead atoms. The largest absolute Gasteiger partial charge is 0.361 e. The van der Waals surface area contributed by atoms with E-state index in [4.69, 9.17) is 11.6 Å². The minimum Gasteiger partial charge on any atom is -0.361 e. The zero-order valence-corrected chi connectivity index (χ0v) is 12.0. The molecule has 4 heteroatoms. The van der Waals surface area contributed by atoms with Crippen LogP contribution in [0.25, 0.3) is 10.2 Å². The lowest BCUT2D eigenvalue weighted by molar-refractivity contribution is 0.390. The van der Waals surface area contributed by atoms with Crippen molar-refractivity contribution in [3.63, 3.8) is 0 Å². The van der Waals surface area contributed by atoms with Gasteiger partial charge in [-0.3, -0.25) is 0 Å². The number of benzene rings is 1. The van der Waals surface area contributed by atoms with Gasteiger partial charge in [0.15, 0.2) is 5.13 Å². The van der Waals surface area contributed by atoms with E-state index >= 15 is 0 Å². The fourth-order valence-corrected chi connectivity index (χ4v) is 2.56. The summed E-state index contributed by atoms with van der Waals surface area (Å²) < 4.78 is 1.17. The second-order valence-corrected chi connectivity index (χ2v) is 6.84. The zero-order chi connectivity index (χ0) is 12.5. The molecule has 1 heterocycles. The normalized spacial score (nSPS) is 12.0. The molecular formula is C13H17ClN2S. The minimum absolute atomic E-state index is 0.354. The number of rotatable bonds is 3. The van der Waals surface area contributed by atoms with Crippen molar-refractivity contribution < 1.29 is 0 Å². The maximum absolute atomic E-state index is 5.94. The molecule has 0 fully saturated rings. The molecule has 2 aromatic rings. The monoisotopic (exact) mass is 268 g/mol. The van der Waals surface area contributed by atoms with E-state index in [2.05, 4.69) is 31.1 Å². The molecule has 0 spiro atoms. The number of halogens is 1. The van der Waals surface area contributed by atoms with Crippen LogP contribution in [-0.4, -0.2) is 11.5 Å². The van der Waals surface area contributed by atoms with Crippen LogP contribution in [0.5, 0.6) is 0 Å². The Morgan fingerprint density at radius 3 is 2.82 bits per heavy atom. The molecule has 1 aromatic heterocycles. The lowest BCUT2D eigenvalue weighted by atomic mass is 9.92. The Bertz CT molecular complexity index is 514. The molecule has 0 saturated carbocycles. The van der Waals surface area contributed by atoms with Gasteiger partial charge >= 0.3 is 0 Å². The number of fused-ring (bicyclic) bond motifs is 1. The van der Waals surface area contributed by atoms with E-state index < -0.39 is 0 Å². The Morgan fingerprint density at radius 1 is 1.35 bits per heavy atom. The van der Waals surface area contributed by atoms with Crippen LogP contribution < -0.4 is 5.32 Å². The Kier molecular flexibility index (Phi) is 3.59. The van der Waals surface area contributed by atoms with Gasteiger partial charge in [-0.2, -0.15) is 0 Å². The summed E-state index contributed by atoms with van der Waals surface area (Å²) >= 11 is 7.61. The summed E-state index contributed by atoms with van der Waals surface area (Å²) in [6.07, 6.45) is 1.13. The van der Waals surface area contributed by atoms with Crippen LogP contribution in [0, 0.1) is 5.41 Å². The fraction of sp³-hybridized carbons (Fsp3) is 0.462. The third-order valence-electron chi connectivity index (χ3n) is 2.50. The summed E-state index contributed by atoms with van der Waals surface area (Å²) in [5.74, 6) is 0. The first-order valence-corrected chi connectivity index (χ1v) is 6.93. The molecule has 2 rings (SSSR count). The molecule has 2 nitrogen and oxygen atoms in total. The molecule has 0 unspecified atom stereocenters. The van der Waals surface area contributed by atoms with Crippen LogP contribution in [0.15, 0.2) is 18.2 Å². The highest BCUT2D eigenvalue weighted by molar-refractivity contribution is 7.22. The number of nitrogens with one attached hydrogen (secondary N) is 1. The maximum Gasteiger partial charge on any atom is 0.183 e. The van der Waals surface area contributed by atoms with Crippen LogP contribution in [0.4, 0.5) is 5.13 Å². The summed E-state index contributed by atoms with van der Waals surface area (Å²) in [5, 5.41) is 5.09.